The summed E-state index contributed by atoms with van der Waals surface area (Å²) in [6.45, 7) is 2.36. The first-order valence-corrected chi connectivity index (χ1v) is 8.63. The normalized spacial score (nSPS) is 21.7. The lowest BCUT2D eigenvalue weighted by Gasteiger charge is -2.16. The molecule has 0 radical (unpaired) electrons. The Bertz CT molecular complexity index is 712. The van der Waals surface area contributed by atoms with Crippen LogP contribution in [0.15, 0.2) is 29.2 Å². The third-order valence-corrected chi connectivity index (χ3v) is 5.93. The summed E-state index contributed by atoms with van der Waals surface area (Å²) in [4.78, 5) is 25.2. The zero-order valence-electron chi connectivity index (χ0n) is 13.3. The molecule has 126 valence electrons. The Balaban J connectivity index is 2.18. The molecule has 1 amide bonds. The molecule has 0 unspecified atom stereocenters. The van der Waals surface area contributed by atoms with E-state index in [0.29, 0.717) is 12.1 Å². The van der Waals surface area contributed by atoms with E-state index in [2.05, 4.69) is 0 Å². The van der Waals surface area contributed by atoms with E-state index < -0.39 is 21.9 Å². The number of carboxylic acids is 1. The second kappa shape index (κ2) is 6.29. The molecule has 1 aliphatic heterocycles. The van der Waals surface area contributed by atoms with Crippen LogP contribution < -0.4 is 0 Å². The molecule has 1 aromatic carbocycles. The van der Waals surface area contributed by atoms with Crippen LogP contribution in [-0.2, 0) is 14.8 Å². The van der Waals surface area contributed by atoms with Crippen molar-refractivity contribution in [3.63, 3.8) is 0 Å². The van der Waals surface area contributed by atoms with Crippen molar-refractivity contribution >= 4 is 21.9 Å². The first-order chi connectivity index (χ1) is 10.6. The number of aliphatic carboxylic acids is 1. The summed E-state index contributed by atoms with van der Waals surface area (Å²) < 4.78 is 25.1. The van der Waals surface area contributed by atoms with Crippen molar-refractivity contribution in [2.45, 2.75) is 11.8 Å². The Morgan fingerprint density at radius 1 is 1.17 bits per heavy atom. The van der Waals surface area contributed by atoms with Gasteiger partial charge in [-0.3, -0.25) is 9.59 Å². The van der Waals surface area contributed by atoms with Gasteiger partial charge in [0.1, 0.15) is 0 Å². The van der Waals surface area contributed by atoms with Crippen LogP contribution in [-0.4, -0.2) is 61.8 Å². The van der Waals surface area contributed by atoms with E-state index in [0.717, 1.165) is 4.31 Å². The fourth-order valence-corrected chi connectivity index (χ4v) is 3.52. The van der Waals surface area contributed by atoms with Gasteiger partial charge in [-0.2, -0.15) is 0 Å². The molecule has 0 bridgehead atoms. The van der Waals surface area contributed by atoms with Crippen molar-refractivity contribution in [1.82, 2.24) is 9.21 Å². The number of amides is 1. The molecule has 1 fully saturated rings. The van der Waals surface area contributed by atoms with E-state index in [1.54, 1.807) is 6.92 Å². The van der Waals surface area contributed by atoms with Crippen molar-refractivity contribution in [2.24, 2.45) is 11.8 Å². The molecule has 0 aliphatic carbocycles. The van der Waals surface area contributed by atoms with E-state index in [9.17, 15) is 18.0 Å². The summed E-state index contributed by atoms with van der Waals surface area (Å²) in [6, 6.07) is 5.68. The highest BCUT2D eigenvalue weighted by atomic mass is 32.2. The fraction of sp³-hybridized carbons (Fsp3) is 0.467. The van der Waals surface area contributed by atoms with Crippen LogP contribution in [0.4, 0.5) is 0 Å². The maximum atomic E-state index is 12.4. The number of hydrogen-bond acceptors (Lipinski definition) is 4. The molecule has 23 heavy (non-hydrogen) atoms. The summed E-state index contributed by atoms with van der Waals surface area (Å²) in [5.41, 5.74) is 0.348. The summed E-state index contributed by atoms with van der Waals surface area (Å²) >= 11 is 0. The number of rotatable bonds is 4. The molecule has 1 heterocycles. The fourth-order valence-electron chi connectivity index (χ4n) is 2.62. The third-order valence-electron chi connectivity index (χ3n) is 4.10. The minimum atomic E-state index is -3.54. The van der Waals surface area contributed by atoms with Crippen molar-refractivity contribution in [2.75, 3.05) is 27.2 Å². The first kappa shape index (κ1) is 17.4. The summed E-state index contributed by atoms with van der Waals surface area (Å²) in [5.74, 6) is -1.85. The van der Waals surface area contributed by atoms with Gasteiger partial charge >= 0.3 is 5.97 Å². The minimum Gasteiger partial charge on any atom is -0.481 e. The van der Waals surface area contributed by atoms with Gasteiger partial charge in [0.25, 0.3) is 5.91 Å². The van der Waals surface area contributed by atoms with Gasteiger partial charge in [0, 0.05) is 32.7 Å². The van der Waals surface area contributed by atoms with Crippen molar-refractivity contribution < 1.29 is 23.1 Å². The van der Waals surface area contributed by atoms with E-state index in [-0.39, 0.29) is 23.3 Å². The van der Waals surface area contributed by atoms with Gasteiger partial charge in [0.2, 0.25) is 10.0 Å². The van der Waals surface area contributed by atoms with E-state index in [1.807, 2.05) is 0 Å². The van der Waals surface area contributed by atoms with Crippen LogP contribution in [0.25, 0.3) is 0 Å². The molecule has 0 aromatic heterocycles. The van der Waals surface area contributed by atoms with Gasteiger partial charge in [-0.05, 0) is 30.2 Å². The molecule has 2 rings (SSSR count). The number of hydrogen-bond donors (Lipinski definition) is 1. The van der Waals surface area contributed by atoms with E-state index >= 15 is 0 Å². The maximum absolute atomic E-state index is 12.4. The molecule has 2 atom stereocenters. The van der Waals surface area contributed by atoms with Crippen molar-refractivity contribution in [3.05, 3.63) is 29.8 Å². The smallest absolute Gasteiger partial charge is 0.308 e. The van der Waals surface area contributed by atoms with Gasteiger partial charge in [0.15, 0.2) is 0 Å². The van der Waals surface area contributed by atoms with E-state index in [1.165, 1.54) is 43.3 Å². The van der Waals surface area contributed by atoms with Crippen LogP contribution >= 0.6 is 0 Å². The lowest BCUT2D eigenvalue weighted by atomic mass is 9.99. The molecular weight excluding hydrogens is 320 g/mol. The SMILES string of the molecule is C[C@@H]1CN(C(=O)c2ccc(S(=O)(=O)N(C)C)cc2)C[C@H]1C(=O)O. The number of carboxylic acid groups (broad SMARTS) is 1. The Morgan fingerprint density at radius 2 is 1.74 bits per heavy atom. The standard InChI is InChI=1S/C15H20N2O5S/c1-10-8-17(9-13(10)15(19)20)14(18)11-4-6-12(7-5-11)23(21,22)16(2)3/h4-7,10,13H,8-9H2,1-3H3,(H,19,20)/t10-,13-/m1/s1. The van der Waals surface area contributed by atoms with Gasteiger partial charge in [0.05, 0.1) is 10.8 Å². The topological polar surface area (TPSA) is 95.0 Å². The Labute approximate surface area is 135 Å². The molecule has 0 saturated carbocycles. The highest BCUT2D eigenvalue weighted by Crippen LogP contribution is 2.25. The lowest BCUT2D eigenvalue weighted by Crippen LogP contribution is -2.30. The number of likely N-dealkylation sites (tertiary alicyclic amines) is 1. The third kappa shape index (κ3) is 3.37. The number of sulfonamides is 1. The predicted octanol–water partition coefficient (Wildman–Crippen LogP) is 0.730. The molecule has 1 saturated heterocycles. The van der Waals surface area contributed by atoms with Crippen LogP contribution in [0.5, 0.6) is 0 Å². The summed E-state index contributed by atoms with van der Waals surface area (Å²) in [6.07, 6.45) is 0. The minimum absolute atomic E-state index is 0.107. The molecular formula is C15H20N2O5S. The average molecular weight is 340 g/mol. The number of benzene rings is 1. The second-order valence-electron chi connectivity index (χ2n) is 5.94. The lowest BCUT2D eigenvalue weighted by molar-refractivity contribution is -0.142. The Morgan fingerprint density at radius 3 is 2.17 bits per heavy atom. The van der Waals surface area contributed by atoms with Gasteiger partial charge in [-0.15, -0.1) is 0 Å². The van der Waals surface area contributed by atoms with Crippen LogP contribution in [0.1, 0.15) is 17.3 Å². The maximum Gasteiger partial charge on any atom is 0.308 e. The van der Waals surface area contributed by atoms with Crippen molar-refractivity contribution in [3.8, 4) is 0 Å². The zero-order valence-corrected chi connectivity index (χ0v) is 14.1. The van der Waals surface area contributed by atoms with Crippen LogP contribution in [0.2, 0.25) is 0 Å². The molecule has 0 spiro atoms. The first-order valence-electron chi connectivity index (χ1n) is 7.19. The average Bonchev–Trinajstić information content (AvgIpc) is 2.88. The van der Waals surface area contributed by atoms with Gasteiger partial charge in [-0.25, -0.2) is 12.7 Å². The molecule has 8 heteroatoms. The highest BCUT2D eigenvalue weighted by molar-refractivity contribution is 7.89. The number of nitrogens with zero attached hydrogens (tertiary/aromatic N) is 2. The Hall–Kier alpha value is -1.93. The van der Waals surface area contributed by atoms with Gasteiger partial charge in [-0.1, -0.05) is 6.92 Å². The van der Waals surface area contributed by atoms with Crippen molar-refractivity contribution in [1.29, 1.82) is 0 Å². The molecule has 7 nitrogen and oxygen atoms in total. The van der Waals surface area contributed by atoms with E-state index in [4.69, 9.17) is 5.11 Å². The van der Waals surface area contributed by atoms with Gasteiger partial charge < -0.3 is 10.0 Å². The highest BCUT2D eigenvalue weighted by Gasteiger charge is 2.37. The molecule has 1 N–H and O–H groups in total. The summed E-state index contributed by atoms with van der Waals surface area (Å²) in [7, 11) is -0.663. The quantitative estimate of drug-likeness (QED) is 0.872. The second-order valence-corrected chi connectivity index (χ2v) is 8.10. The Kier molecular flexibility index (Phi) is 4.76. The summed E-state index contributed by atoms with van der Waals surface area (Å²) in [5, 5.41) is 9.12. The number of carbonyl (C=O) groups is 2. The number of carbonyl (C=O) groups excluding carboxylic acids is 1. The molecule has 1 aromatic rings. The largest absolute Gasteiger partial charge is 0.481 e. The molecule has 1 aliphatic rings. The monoisotopic (exact) mass is 340 g/mol. The predicted molar refractivity (Wildman–Crippen MR) is 83.5 cm³/mol. The zero-order chi connectivity index (χ0) is 17.4. The van der Waals surface area contributed by atoms with Crippen LogP contribution in [0, 0.1) is 11.8 Å². The van der Waals surface area contributed by atoms with Crippen LogP contribution in [0.3, 0.4) is 0 Å².